The zero-order valence-corrected chi connectivity index (χ0v) is 17.0. The number of aliphatic hydroxyl groups excluding tert-OH is 1. The third-order valence-electron chi connectivity index (χ3n) is 5.01. The zero-order chi connectivity index (χ0) is 22.5. The second-order valence-electron chi connectivity index (χ2n) is 7.22. The van der Waals surface area contributed by atoms with Gasteiger partial charge in [-0.05, 0) is 30.3 Å². The fourth-order valence-corrected chi connectivity index (χ4v) is 3.33. The molecule has 1 aliphatic rings. The summed E-state index contributed by atoms with van der Waals surface area (Å²) >= 11 is 0. The summed E-state index contributed by atoms with van der Waals surface area (Å²) in [5, 5.41) is 12.9. The predicted octanol–water partition coefficient (Wildman–Crippen LogP) is 2.00. The van der Waals surface area contributed by atoms with Crippen LogP contribution in [0.3, 0.4) is 0 Å². The number of aliphatic hydroxyl groups is 1. The van der Waals surface area contributed by atoms with Crippen LogP contribution < -0.4 is 11.0 Å². The molecule has 164 valence electrons. The van der Waals surface area contributed by atoms with Gasteiger partial charge in [0.2, 0.25) is 0 Å². The molecule has 1 saturated heterocycles. The standard InChI is InChI=1S/C23H21N3O6/c27-17-13-20(32-18(17)14-31-22(29)16-9-5-2-6-10-16)26-12-11-19(25-23(26)30)24-21(28)15-7-3-1-4-8-15/h1-12,17-18,20,27H,13-14H2,(H,24,25,28,30)/t17-,18+,20+/m1/s1. The van der Waals surface area contributed by atoms with Crippen LogP contribution >= 0.6 is 0 Å². The lowest BCUT2D eigenvalue weighted by Gasteiger charge is -2.16. The van der Waals surface area contributed by atoms with Gasteiger partial charge < -0.3 is 19.9 Å². The van der Waals surface area contributed by atoms with Gasteiger partial charge in [0.05, 0.1) is 11.7 Å². The van der Waals surface area contributed by atoms with Crippen LogP contribution in [0.4, 0.5) is 5.82 Å². The molecule has 2 heterocycles. The van der Waals surface area contributed by atoms with Crippen molar-refractivity contribution in [3.8, 4) is 0 Å². The number of hydrogen-bond donors (Lipinski definition) is 2. The lowest BCUT2D eigenvalue weighted by Crippen LogP contribution is -2.29. The number of benzene rings is 2. The van der Waals surface area contributed by atoms with E-state index in [1.807, 2.05) is 0 Å². The van der Waals surface area contributed by atoms with Crippen LogP contribution in [0.1, 0.15) is 33.4 Å². The summed E-state index contributed by atoms with van der Waals surface area (Å²) in [6.07, 6.45) is -0.912. The minimum Gasteiger partial charge on any atom is -0.459 e. The summed E-state index contributed by atoms with van der Waals surface area (Å²) < 4.78 is 12.2. The molecule has 32 heavy (non-hydrogen) atoms. The summed E-state index contributed by atoms with van der Waals surface area (Å²) in [5.41, 5.74) is 0.189. The van der Waals surface area contributed by atoms with Gasteiger partial charge in [0.1, 0.15) is 24.8 Å². The van der Waals surface area contributed by atoms with Gasteiger partial charge in [-0.3, -0.25) is 9.36 Å². The molecule has 0 radical (unpaired) electrons. The lowest BCUT2D eigenvalue weighted by molar-refractivity contribution is -0.0531. The maximum absolute atomic E-state index is 12.5. The molecule has 1 aromatic heterocycles. The average Bonchev–Trinajstić information content (AvgIpc) is 3.18. The van der Waals surface area contributed by atoms with Crippen LogP contribution in [-0.2, 0) is 9.47 Å². The Balaban J connectivity index is 1.37. The molecule has 1 fully saturated rings. The molecule has 1 aliphatic heterocycles. The van der Waals surface area contributed by atoms with E-state index in [-0.39, 0.29) is 24.8 Å². The summed E-state index contributed by atoms with van der Waals surface area (Å²) in [5.74, 6) is -0.808. The predicted molar refractivity (Wildman–Crippen MR) is 114 cm³/mol. The molecule has 0 spiro atoms. The molecule has 4 rings (SSSR count). The quantitative estimate of drug-likeness (QED) is 0.568. The van der Waals surface area contributed by atoms with Crippen molar-refractivity contribution in [3.05, 3.63) is 94.5 Å². The van der Waals surface area contributed by atoms with E-state index >= 15 is 0 Å². The van der Waals surface area contributed by atoms with Gasteiger partial charge in [-0.25, -0.2) is 9.59 Å². The van der Waals surface area contributed by atoms with E-state index < -0.39 is 30.1 Å². The third kappa shape index (κ3) is 4.90. The van der Waals surface area contributed by atoms with E-state index in [1.165, 1.54) is 16.8 Å². The van der Waals surface area contributed by atoms with Crippen LogP contribution in [0.2, 0.25) is 0 Å². The van der Waals surface area contributed by atoms with Crippen molar-refractivity contribution in [3.63, 3.8) is 0 Å². The highest BCUT2D eigenvalue weighted by molar-refractivity contribution is 6.03. The first-order chi connectivity index (χ1) is 15.5. The first kappa shape index (κ1) is 21.4. The number of aromatic nitrogens is 2. The zero-order valence-electron chi connectivity index (χ0n) is 17.0. The number of nitrogens with one attached hydrogen (secondary N) is 1. The van der Waals surface area contributed by atoms with E-state index in [0.717, 1.165) is 0 Å². The number of rotatable bonds is 6. The Labute approximate surface area is 183 Å². The van der Waals surface area contributed by atoms with Crippen molar-refractivity contribution >= 4 is 17.7 Å². The Hall–Kier alpha value is -3.82. The molecule has 0 aliphatic carbocycles. The van der Waals surface area contributed by atoms with Gasteiger partial charge in [-0.15, -0.1) is 0 Å². The van der Waals surface area contributed by atoms with E-state index in [9.17, 15) is 19.5 Å². The maximum Gasteiger partial charge on any atom is 0.351 e. The number of amides is 1. The molecule has 2 N–H and O–H groups in total. The number of esters is 1. The van der Waals surface area contributed by atoms with Crippen molar-refractivity contribution in [1.82, 2.24) is 9.55 Å². The monoisotopic (exact) mass is 435 g/mol. The highest BCUT2D eigenvalue weighted by Gasteiger charge is 2.36. The van der Waals surface area contributed by atoms with Gasteiger partial charge in [0.15, 0.2) is 0 Å². The van der Waals surface area contributed by atoms with Gasteiger partial charge in [-0.1, -0.05) is 36.4 Å². The van der Waals surface area contributed by atoms with E-state index in [0.29, 0.717) is 11.1 Å². The Kier molecular flexibility index (Phi) is 6.39. The van der Waals surface area contributed by atoms with Crippen LogP contribution in [0.15, 0.2) is 77.7 Å². The molecular weight excluding hydrogens is 414 g/mol. The molecular formula is C23H21N3O6. The molecule has 2 aromatic carbocycles. The smallest absolute Gasteiger partial charge is 0.351 e. The first-order valence-corrected chi connectivity index (χ1v) is 10.0. The molecule has 3 aromatic rings. The van der Waals surface area contributed by atoms with E-state index in [1.54, 1.807) is 60.7 Å². The van der Waals surface area contributed by atoms with E-state index in [2.05, 4.69) is 10.3 Å². The molecule has 9 heteroatoms. The first-order valence-electron chi connectivity index (χ1n) is 10.0. The Morgan fingerprint density at radius 2 is 1.72 bits per heavy atom. The van der Waals surface area contributed by atoms with Crippen LogP contribution in [-0.4, -0.2) is 45.3 Å². The lowest BCUT2D eigenvalue weighted by atomic mass is 10.2. The number of ether oxygens (including phenoxy) is 2. The van der Waals surface area contributed by atoms with Gasteiger partial charge >= 0.3 is 11.7 Å². The van der Waals surface area contributed by atoms with Crippen molar-refractivity contribution in [2.45, 2.75) is 24.9 Å². The van der Waals surface area contributed by atoms with Crippen molar-refractivity contribution in [2.24, 2.45) is 0 Å². The second kappa shape index (κ2) is 9.54. The highest BCUT2D eigenvalue weighted by atomic mass is 16.6. The third-order valence-corrected chi connectivity index (χ3v) is 5.01. The van der Waals surface area contributed by atoms with Crippen molar-refractivity contribution < 1.29 is 24.2 Å². The summed E-state index contributed by atoms with van der Waals surface area (Å²) in [6, 6.07) is 18.5. The van der Waals surface area contributed by atoms with Crippen LogP contribution in [0, 0.1) is 0 Å². The van der Waals surface area contributed by atoms with E-state index in [4.69, 9.17) is 9.47 Å². The topological polar surface area (TPSA) is 120 Å². The number of anilines is 1. The average molecular weight is 435 g/mol. The fourth-order valence-electron chi connectivity index (χ4n) is 3.33. The summed E-state index contributed by atoms with van der Waals surface area (Å²) in [4.78, 5) is 40.6. The summed E-state index contributed by atoms with van der Waals surface area (Å²) in [7, 11) is 0. The maximum atomic E-state index is 12.5. The Morgan fingerprint density at radius 1 is 1.06 bits per heavy atom. The minimum absolute atomic E-state index is 0.104. The van der Waals surface area contributed by atoms with Gasteiger partial charge in [0, 0.05) is 18.2 Å². The Bertz CT molecular complexity index is 1150. The number of carbonyl (C=O) groups excluding carboxylic acids is 2. The van der Waals surface area contributed by atoms with Crippen LogP contribution in [0.25, 0.3) is 0 Å². The van der Waals surface area contributed by atoms with Crippen molar-refractivity contribution in [2.75, 3.05) is 11.9 Å². The highest BCUT2D eigenvalue weighted by Crippen LogP contribution is 2.28. The number of hydrogen-bond acceptors (Lipinski definition) is 7. The minimum atomic E-state index is -0.923. The van der Waals surface area contributed by atoms with Crippen molar-refractivity contribution in [1.29, 1.82) is 0 Å². The summed E-state index contributed by atoms with van der Waals surface area (Å²) in [6.45, 7) is -0.154. The van der Waals surface area contributed by atoms with Gasteiger partial charge in [0.25, 0.3) is 5.91 Å². The molecule has 0 unspecified atom stereocenters. The second-order valence-corrected chi connectivity index (χ2v) is 7.22. The number of carbonyl (C=O) groups is 2. The number of nitrogens with zero attached hydrogens (tertiary/aromatic N) is 2. The normalized spacial score (nSPS) is 20.0. The van der Waals surface area contributed by atoms with Crippen LogP contribution in [0.5, 0.6) is 0 Å². The molecule has 0 bridgehead atoms. The fraction of sp³-hybridized carbons (Fsp3) is 0.217. The molecule has 0 saturated carbocycles. The molecule has 3 atom stereocenters. The largest absolute Gasteiger partial charge is 0.459 e. The Morgan fingerprint density at radius 3 is 2.38 bits per heavy atom. The molecule has 1 amide bonds. The molecule has 9 nitrogen and oxygen atoms in total. The van der Waals surface area contributed by atoms with Gasteiger partial charge in [-0.2, -0.15) is 4.98 Å². The SMILES string of the molecule is O=C(Nc1ccn([C@@H]2C[C@@H](O)[C@H](COC(=O)c3ccccc3)O2)c(=O)n1)c1ccccc1.